The number of benzene rings is 1. The molecular formula is C17H28FIN4. The predicted molar refractivity (Wildman–Crippen MR) is 105 cm³/mol. The van der Waals surface area contributed by atoms with Crippen LogP contribution in [0.1, 0.15) is 31.2 Å². The van der Waals surface area contributed by atoms with Crippen LogP contribution in [0.15, 0.2) is 29.3 Å². The van der Waals surface area contributed by atoms with Gasteiger partial charge in [-0.15, -0.1) is 24.0 Å². The zero-order chi connectivity index (χ0) is 15.8. The van der Waals surface area contributed by atoms with Gasteiger partial charge in [-0.2, -0.15) is 0 Å². The highest BCUT2D eigenvalue weighted by Gasteiger charge is 2.15. The Morgan fingerprint density at radius 2 is 1.91 bits per heavy atom. The molecule has 130 valence electrons. The average molecular weight is 434 g/mol. The Kier molecular flexibility index (Phi) is 9.47. The smallest absolute Gasteiger partial charge is 0.191 e. The summed E-state index contributed by atoms with van der Waals surface area (Å²) in [5.74, 6) is 0.705. The summed E-state index contributed by atoms with van der Waals surface area (Å²) in [6.07, 6.45) is 5.11. The van der Waals surface area contributed by atoms with E-state index in [-0.39, 0.29) is 29.8 Å². The van der Waals surface area contributed by atoms with Crippen LogP contribution in [0.5, 0.6) is 0 Å². The number of guanidine groups is 1. The summed E-state index contributed by atoms with van der Waals surface area (Å²) in [6, 6.07) is 7.26. The van der Waals surface area contributed by atoms with Crippen LogP contribution < -0.4 is 10.6 Å². The minimum atomic E-state index is -0.185. The molecule has 2 N–H and O–H groups in total. The molecule has 2 rings (SSSR count). The van der Waals surface area contributed by atoms with Crippen molar-refractivity contribution in [3.05, 3.63) is 35.6 Å². The summed E-state index contributed by atoms with van der Waals surface area (Å²) in [5.41, 5.74) is 1.12. The lowest BCUT2D eigenvalue weighted by Gasteiger charge is -2.20. The van der Waals surface area contributed by atoms with Crippen molar-refractivity contribution >= 4 is 29.9 Å². The minimum Gasteiger partial charge on any atom is -0.355 e. The van der Waals surface area contributed by atoms with Crippen molar-refractivity contribution < 1.29 is 4.39 Å². The Labute approximate surface area is 156 Å². The molecule has 0 spiro atoms. The summed E-state index contributed by atoms with van der Waals surface area (Å²) in [4.78, 5) is 6.49. The number of aliphatic imine (C=N–C) groups is 1. The third kappa shape index (κ3) is 7.48. The van der Waals surface area contributed by atoms with E-state index in [0.717, 1.165) is 31.2 Å². The standard InChI is InChI=1S/C17H27FN4.HI/c1-19-17(21-16-5-3-4-6-16)20-11-12-22(2)13-14-7-9-15(18)10-8-14;/h7-10,16H,3-6,11-13H2,1-2H3,(H2,19,20,21);1H. The van der Waals surface area contributed by atoms with Crippen molar-refractivity contribution in [2.24, 2.45) is 4.99 Å². The van der Waals surface area contributed by atoms with Crippen molar-refractivity contribution in [3.63, 3.8) is 0 Å². The zero-order valence-corrected chi connectivity index (χ0v) is 16.3. The number of likely N-dealkylation sites (N-methyl/N-ethyl adjacent to an activating group) is 1. The van der Waals surface area contributed by atoms with Crippen LogP contribution in [0.3, 0.4) is 0 Å². The second kappa shape index (κ2) is 10.8. The molecule has 0 aliphatic heterocycles. The van der Waals surface area contributed by atoms with Gasteiger partial charge in [-0.3, -0.25) is 4.99 Å². The van der Waals surface area contributed by atoms with Crippen LogP contribution in [-0.4, -0.2) is 44.1 Å². The molecule has 1 fully saturated rings. The Morgan fingerprint density at radius 3 is 2.52 bits per heavy atom. The van der Waals surface area contributed by atoms with Crippen molar-refractivity contribution in [1.29, 1.82) is 0 Å². The molecule has 0 saturated heterocycles. The first kappa shape index (κ1) is 20.2. The van der Waals surface area contributed by atoms with E-state index in [1.807, 2.05) is 19.2 Å². The molecule has 1 aromatic rings. The van der Waals surface area contributed by atoms with E-state index in [2.05, 4.69) is 27.6 Å². The molecule has 1 aliphatic rings. The van der Waals surface area contributed by atoms with Crippen LogP contribution in [0, 0.1) is 5.82 Å². The van der Waals surface area contributed by atoms with Gasteiger partial charge in [-0.1, -0.05) is 25.0 Å². The van der Waals surface area contributed by atoms with Gasteiger partial charge in [0.05, 0.1) is 0 Å². The Morgan fingerprint density at radius 1 is 1.26 bits per heavy atom. The van der Waals surface area contributed by atoms with Crippen molar-refractivity contribution in [2.75, 3.05) is 27.2 Å². The van der Waals surface area contributed by atoms with Gasteiger partial charge in [-0.25, -0.2) is 4.39 Å². The lowest BCUT2D eigenvalue weighted by atomic mass is 10.2. The van der Waals surface area contributed by atoms with Gasteiger partial charge >= 0.3 is 0 Å². The lowest BCUT2D eigenvalue weighted by Crippen LogP contribution is -2.44. The largest absolute Gasteiger partial charge is 0.355 e. The molecule has 0 heterocycles. The Balaban J connectivity index is 0.00000264. The number of hydrogen-bond donors (Lipinski definition) is 2. The predicted octanol–water partition coefficient (Wildman–Crippen LogP) is 2.98. The van der Waals surface area contributed by atoms with Crippen LogP contribution in [0.2, 0.25) is 0 Å². The minimum absolute atomic E-state index is 0. The fraction of sp³-hybridized carbons (Fsp3) is 0.588. The molecule has 0 atom stereocenters. The van der Waals surface area contributed by atoms with E-state index in [4.69, 9.17) is 0 Å². The summed E-state index contributed by atoms with van der Waals surface area (Å²) in [5, 5.41) is 6.83. The van der Waals surface area contributed by atoms with Gasteiger partial charge in [0.2, 0.25) is 0 Å². The highest BCUT2D eigenvalue weighted by molar-refractivity contribution is 14.0. The first-order chi connectivity index (χ1) is 10.7. The number of hydrogen-bond acceptors (Lipinski definition) is 2. The second-order valence-electron chi connectivity index (χ2n) is 5.99. The van der Waals surface area contributed by atoms with Crippen LogP contribution >= 0.6 is 24.0 Å². The zero-order valence-electron chi connectivity index (χ0n) is 14.0. The fourth-order valence-corrected chi connectivity index (χ4v) is 2.80. The lowest BCUT2D eigenvalue weighted by molar-refractivity contribution is 0.330. The van der Waals surface area contributed by atoms with Crippen molar-refractivity contribution in [2.45, 2.75) is 38.3 Å². The normalized spacial score (nSPS) is 15.6. The number of halogens is 2. The number of nitrogens with one attached hydrogen (secondary N) is 2. The Bertz CT molecular complexity index is 472. The van der Waals surface area contributed by atoms with E-state index in [9.17, 15) is 4.39 Å². The molecule has 1 aliphatic carbocycles. The van der Waals surface area contributed by atoms with Gasteiger partial charge in [0, 0.05) is 32.7 Å². The van der Waals surface area contributed by atoms with Crippen molar-refractivity contribution in [3.8, 4) is 0 Å². The number of nitrogens with zero attached hydrogens (tertiary/aromatic N) is 2. The molecule has 1 saturated carbocycles. The third-order valence-corrected chi connectivity index (χ3v) is 4.07. The monoisotopic (exact) mass is 434 g/mol. The first-order valence-electron chi connectivity index (χ1n) is 8.07. The average Bonchev–Trinajstić information content (AvgIpc) is 3.01. The van der Waals surface area contributed by atoms with Crippen molar-refractivity contribution in [1.82, 2.24) is 15.5 Å². The molecule has 6 heteroatoms. The quantitative estimate of drug-likeness (QED) is 0.411. The van der Waals surface area contributed by atoms with Gasteiger partial charge < -0.3 is 15.5 Å². The van der Waals surface area contributed by atoms with E-state index in [1.165, 1.54) is 37.8 Å². The molecule has 4 nitrogen and oxygen atoms in total. The molecule has 1 aromatic carbocycles. The fourth-order valence-electron chi connectivity index (χ4n) is 2.80. The van der Waals surface area contributed by atoms with Gasteiger partial charge in [0.25, 0.3) is 0 Å². The highest BCUT2D eigenvalue weighted by Crippen LogP contribution is 2.17. The number of rotatable bonds is 6. The molecule has 0 unspecified atom stereocenters. The molecular weight excluding hydrogens is 406 g/mol. The van der Waals surface area contributed by atoms with Gasteiger partial charge in [-0.05, 0) is 37.6 Å². The van der Waals surface area contributed by atoms with Gasteiger partial charge in [0.1, 0.15) is 5.82 Å². The van der Waals surface area contributed by atoms with E-state index < -0.39 is 0 Å². The van der Waals surface area contributed by atoms with Crippen LogP contribution in [-0.2, 0) is 6.54 Å². The molecule has 0 amide bonds. The molecule has 0 aromatic heterocycles. The van der Waals surface area contributed by atoms with E-state index >= 15 is 0 Å². The van der Waals surface area contributed by atoms with Crippen LogP contribution in [0.25, 0.3) is 0 Å². The van der Waals surface area contributed by atoms with E-state index in [1.54, 1.807) is 0 Å². The highest BCUT2D eigenvalue weighted by atomic mass is 127. The second-order valence-corrected chi connectivity index (χ2v) is 5.99. The SMILES string of the molecule is CN=C(NCCN(C)Cc1ccc(F)cc1)NC1CCCC1.I. The molecule has 23 heavy (non-hydrogen) atoms. The van der Waals surface area contributed by atoms with E-state index in [0.29, 0.717) is 6.04 Å². The molecule has 0 radical (unpaired) electrons. The summed E-state index contributed by atoms with van der Waals surface area (Å²) < 4.78 is 12.9. The first-order valence-corrected chi connectivity index (χ1v) is 8.07. The maximum atomic E-state index is 12.9. The summed E-state index contributed by atoms with van der Waals surface area (Å²) in [7, 11) is 3.88. The maximum absolute atomic E-state index is 12.9. The Hall–Kier alpha value is -0.890. The molecule has 0 bridgehead atoms. The third-order valence-electron chi connectivity index (χ3n) is 4.07. The summed E-state index contributed by atoms with van der Waals surface area (Å²) >= 11 is 0. The summed E-state index contributed by atoms with van der Waals surface area (Å²) in [6.45, 7) is 2.56. The van der Waals surface area contributed by atoms with Crippen LogP contribution in [0.4, 0.5) is 4.39 Å². The topological polar surface area (TPSA) is 39.7 Å². The maximum Gasteiger partial charge on any atom is 0.191 e. The van der Waals surface area contributed by atoms with Gasteiger partial charge in [0.15, 0.2) is 5.96 Å².